The Bertz CT molecular complexity index is 400. The monoisotopic (exact) mass is 232 g/mol. The Morgan fingerprint density at radius 1 is 1.18 bits per heavy atom. The molecule has 0 N–H and O–H groups in total. The molecule has 0 spiro atoms. The summed E-state index contributed by atoms with van der Waals surface area (Å²) in [5.41, 5.74) is 1.19. The van der Waals surface area contributed by atoms with Gasteiger partial charge in [-0.3, -0.25) is 4.90 Å². The third-order valence-corrected chi connectivity index (χ3v) is 4.05. The molecule has 92 valence electrons. The van der Waals surface area contributed by atoms with E-state index in [4.69, 9.17) is 0 Å². The second-order valence-corrected chi connectivity index (χ2v) is 5.47. The molecular weight excluding hydrogens is 212 g/mol. The molecule has 2 bridgehead atoms. The van der Waals surface area contributed by atoms with Gasteiger partial charge in [-0.05, 0) is 27.2 Å². The van der Waals surface area contributed by atoms with Crippen molar-refractivity contribution in [3.05, 3.63) is 18.2 Å². The third kappa shape index (κ3) is 1.80. The summed E-state index contributed by atoms with van der Waals surface area (Å²) in [5, 5.41) is 0. The van der Waals surface area contributed by atoms with E-state index in [9.17, 15) is 0 Å². The largest absolute Gasteiger partial charge is 0.363 e. The van der Waals surface area contributed by atoms with E-state index in [1.807, 2.05) is 19.3 Å². The summed E-state index contributed by atoms with van der Waals surface area (Å²) in [7, 11) is 0. The summed E-state index contributed by atoms with van der Waals surface area (Å²) in [5.74, 6) is 0.849. The van der Waals surface area contributed by atoms with Gasteiger partial charge < -0.3 is 4.90 Å². The maximum Gasteiger partial charge on any atom is 0.125 e. The van der Waals surface area contributed by atoms with E-state index >= 15 is 0 Å². The normalized spacial score (nSPS) is 28.4. The molecule has 2 saturated heterocycles. The summed E-state index contributed by atoms with van der Waals surface area (Å²) < 4.78 is 0. The number of hydrogen-bond acceptors (Lipinski definition) is 4. The maximum atomic E-state index is 4.30. The van der Waals surface area contributed by atoms with E-state index in [-0.39, 0.29) is 0 Å². The molecule has 2 aliphatic rings. The van der Waals surface area contributed by atoms with Crippen LogP contribution in [0.4, 0.5) is 5.69 Å². The van der Waals surface area contributed by atoms with Gasteiger partial charge in [0.05, 0.1) is 18.1 Å². The summed E-state index contributed by atoms with van der Waals surface area (Å²) in [4.78, 5) is 13.7. The molecule has 4 nitrogen and oxygen atoms in total. The van der Waals surface area contributed by atoms with E-state index in [1.54, 1.807) is 0 Å². The first-order chi connectivity index (χ1) is 8.15. The molecule has 0 radical (unpaired) electrons. The van der Waals surface area contributed by atoms with Crippen LogP contribution in [0.25, 0.3) is 0 Å². The van der Waals surface area contributed by atoms with E-state index in [2.05, 4.69) is 33.6 Å². The highest BCUT2D eigenvalue weighted by Crippen LogP contribution is 2.34. The fraction of sp³-hybridized carbons (Fsp3) is 0.692. The van der Waals surface area contributed by atoms with Crippen molar-refractivity contribution in [1.82, 2.24) is 14.9 Å². The predicted molar refractivity (Wildman–Crippen MR) is 68.2 cm³/mol. The second-order valence-electron chi connectivity index (χ2n) is 5.47. The van der Waals surface area contributed by atoms with Gasteiger partial charge >= 0.3 is 0 Å². The first kappa shape index (κ1) is 11.0. The Hall–Kier alpha value is -1.16. The molecule has 1 aromatic rings. The summed E-state index contributed by atoms with van der Waals surface area (Å²) in [6.07, 6.45) is 5.22. The first-order valence-corrected chi connectivity index (χ1v) is 6.46. The predicted octanol–water partition coefficient (Wildman–Crippen LogP) is 1.46. The number of anilines is 1. The maximum absolute atomic E-state index is 4.30. The molecule has 0 amide bonds. The van der Waals surface area contributed by atoms with Crippen molar-refractivity contribution in [2.75, 3.05) is 18.0 Å². The van der Waals surface area contributed by atoms with E-state index in [1.165, 1.54) is 18.7 Å². The van der Waals surface area contributed by atoms with Crippen LogP contribution < -0.4 is 4.90 Å². The van der Waals surface area contributed by atoms with Crippen LogP contribution in [0.15, 0.2) is 12.4 Å². The van der Waals surface area contributed by atoms with Crippen molar-refractivity contribution in [3.63, 3.8) is 0 Å². The van der Waals surface area contributed by atoms with Gasteiger partial charge in [-0.1, -0.05) is 0 Å². The third-order valence-electron chi connectivity index (χ3n) is 4.05. The summed E-state index contributed by atoms with van der Waals surface area (Å²) in [6, 6.07) is 2.05. The average molecular weight is 232 g/mol. The minimum absolute atomic E-state index is 0.661. The standard InChI is InChI=1S/C13H20N4/c1-9(2)16-7-12-4-11(16)8-17(12)13-5-14-10(3)15-6-13/h5-6,9,11-12H,4,7-8H2,1-3H3. The van der Waals surface area contributed by atoms with Gasteiger partial charge in [0, 0.05) is 31.2 Å². The molecule has 1 aromatic heterocycles. The van der Waals surface area contributed by atoms with Crippen molar-refractivity contribution in [3.8, 4) is 0 Å². The van der Waals surface area contributed by atoms with Crippen LogP contribution in [0.5, 0.6) is 0 Å². The fourth-order valence-electron chi connectivity index (χ4n) is 3.18. The summed E-state index contributed by atoms with van der Waals surface area (Å²) >= 11 is 0. The van der Waals surface area contributed by atoms with Gasteiger partial charge in [-0.2, -0.15) is 0 Å². The molecule has 3 rings (SSSR count). The Kier molecular flexibility index (Phi) is 2.54. The number of nitrogens with zero attached hydrogens (tertiary/aromatic N) is 4. The number of aromatic nitrogens is 2. The number of rotatable bonds is 2. The Balaban J connectivity index is 1.76. The van der Waals surface area contributed by atoms with Crippen LogP contribution in [0, 0.1) is 6.92 Å². The number of aryl methyl sites for hydroxylation is 1. The van der Waals surface area contributed by atoms with Crippen LogP contribution in [0.3, 0.4) is 0 Å². The molecule has 2 atom stereocenters. The van der Waals surface area contributed by atoms with Gasteiger partial charge in [0.15, 0.2) is 0 Å². The van der Waals surface area contributed by atoms with Gasteiger partial charge in [-0.15, -0.1) is 0 Å². The molecule has 2 fully saturated rings. The van der Waals surface area contributed by atoms with Crippen LogP contribution in [-0.4, -0.2) is 46.1 Å². The molecular formula is C13H20N4. The first-order valence-electron chi connectivity index (χ1n) is 6.46. The van der Waals surface area contributed by atoms with Crippen molar-refractivity contribution < 1.29 is 0 Å². The molecule has 0 saturated carbocycles. The van der Waals surface area contributed by atoms with Crippen molar-refractivity contribution in [2.24, 2.45) is 0 Å². The molecule has 2 aliphatic heterocycles. The quantitative estimate of drug-likeness (QED) is 0.772. The van der Waals surface area contributed by atoms with Gasteiger partial charge in [0.2, 0.25) is 0 Å². The van der Waals surface area contributed by atoms with E-state index in [0.29, 0.717) is 12.1 Å². The minimum Gasteiger partial charge on any atom is -0.363 e. The Morgan fingerprint density at radius 3 is 2.41 bits per heavy atom. The minimum atomic E-state index is 0.661. The van der Waals surface area contributed by atoms with Crippen LogP contribution in [0.1, 0.15) is 26.1 Å². The lowest BCUT2D eigenvalue weighted by molar-refractivity contribution is 0.191. The lowest BCUT2D eigenvalue weighted by Gasteiger charge is -2.37. The molecule has 17 heavy (non-hydrogen) atoms. The Labute approximate surface area is 103 Å². The second kappa shape index (κ2) is 3.95. The number of likely N-dealkylation sites (tertiary alicyclic amines) is 1. The number of hydrogen-bond donors (Lipinski definition) is 0. The molecule has 0 aliphatic carbocycles. The summed E-state index contributed by atoms with van der Waals surface area (Å²) in [6.45, 7) is 8.84. The molecule has 3 heterocycles. The molecule has 4 heteroatoms. The number of fused-ring (bicyclic) bond motifs is 2. The highest BCUT2D eigenvalue weighted by molar-refractivity contribution is 5.46. The zero-order valence-corrected chi connectivity index (χ0v) is 10.8. The van der Waals surface area contributed by atoms with Gasteiger partial charge in [-0.25, -0.2) is 9.97 Å². The average Bonchev–Trinajstić information content (AvgIpc) is 2.89. The zero-order chi connectivity index (χ0) is 12.0. The topological polar surface area (TPSA) is 32.3 Å². The zero-order valence-electron chi connectivity index (χ0n) is 10.8. The van der Waals surface area contributed by atoms with Gasteiger partial charge in [0.25, 0.3) is 0 Å². The van der Waals surface area contributed by atoms with Crippen LogP contribution in [-0.2, 0) is 0 Å². The highest BCUT2D eigenvalue weighted by atomic mass is 15.4. The fourth-order valence-corrected chi connectivity index (χ4v) is 3.18. The highest BCUT2D eigenvalue weighted by Gasteiger charge is 2.44. The van der Waals surface area contributed by atoms with Gasteiger partial charge in [0.1, 0.15) is 5.82 Å². The van der Waals surface area contributed by atoms with Crippen LogP contribution >= 0.6 is 0 Å². The van der Waals surface area contributed by atoms with Crippen molar-refractivity contribution >= 4 is 5.69 Å². The van der Waals surface area contributed by atoms with E-state index in [0.717, 1.165) is 18.4 Å². The number of piperazine rings is 1. The van der Waals surface area contributed by atoms with Crippen molar-refractivity contribution in [1.29, 1.82) is 0 Å². The molecule has 2 unspecified atom stereocenters. The van der Waals surface area contributed by atoms with Crippen molar-refractivity contribution in [2.45, 2.75) is 45.3 Å². The smallest absolute Gasteiger partial charge is 0.125 e. The lowest BCUT2D eigenvalue weighted by Crippen LogP contribution is -2.49. The molecule has 0 aromatic carbocycles. The van der Waals surface area contributed by atoms with Crippen LogP contribution in [0.2, 0.25) is 0 Å². The van der Waals surface area contributed by atoms with E-state index < -0.39 is 0 Å². The SMILES string of the molecule is Cc1ncc(N2CC3CC2CN3C(C)C)cn1. The Morgan fingerprint density at radius 2 is 1.88 bits per heavy atom. The lowest BCUT2D eigenvalue weighted by atomic mass is 10.2.